The summed E-state index contributed by atoms with van der Waals surface area (Å²) in [7, 11) is 1.66. The zero-order valence-electron chi connectivity index (χ0n) is 13.7. The summed E-state index contributed by atoms with van der Waals surface area (Å²) in [4.78, 5) is 12.2. The lowest BCUT2D eigenvalue weighted by atomic mass is 10.0. The first-order chi connectivity index (χ1) is 11.3. The number of methoxy groups -OCH3 is 1. The number of benzene rings is 1. The van der Waals surface area contributed by atoms with Gasteiger partial charge in [-0.1, -0.05) is 12.1 Å². The highest BCUT2D eigenvalue weighted by atomic mass is 16.5. The lowest BCUT2D eigenvalue weighted by Gasteiger charge is -2.24. The average Bonchev–Trinajstić information content (AvgIpc) is 3.44. The maximum atomic E-state index is 12.2. The molecule has 1 heterocycles. The Morgan fingerprint density at radius 1 is 1.30 bits per heavy atom. The first kappa shape index (κ1) is 16.1. The van der Waals surface area contributed by atoms with E-state index in [4.69, 9.17) is 9.47 Å². The van der Waals surface area contributed by atoms with Crippen LogP contribution in [-0.2, 0) is 4.74 Å². The van der Waals surface area contributed by atoms with Crippen LogP contribution in [0.5, 0.6) is 5.75 Å². The molecule has 126 valence electrons. The van der Waals surface area contributed by atoms with Gasteiger partial charge in [-0.25, -0.2) is 4.79 Å². The van der Waals surface area contributed by atoms with E-state index in [0.29, 0.717) is 18.4 Å². The molecule has 0 aromatic heterocycles. The Balaban J connectivity index is 1.52. The molecule has 2 unspecified atom stereocenters. The molecular formula is C18H26N2O3. The van der Waals surface area contributed by atoms with E-state index in [1.165, 1.54) is 12.8 Å². The van der Waals surface area contributed by atoms with Crippen LogP contribution in [0.1, 0.15) is 37.3 Å². The summed E-state index contributed by atoms with van der Waals surface area (Å²) in [6.45, 7) is 2.29. The fraction of sp³-hybridized carbons (Fsp3) is 0.611. The summed E-state index contributed by atoms with van der Waals surface area (Å²) in [5.41, 5.74) is 1.14. The second kappa shape index (κ2) is 7.68. The number of hydrogen-bond donors (Lipinski definition) is 2. The molecule has 2 aliphatic rings. The van der Waals surface area contributed by atoms with E-state index in [0.717, 1.165) is 37.4 Å². The lowest BCUT2D eigenvalue weighted by molar-refractivity contribution is 0.0557. The van der Waals surface area contributed by atoms with Crippen LogP contribution in [-0.4, -0.2) is 32.9 Å². The Bertz CT molecular complexity index is 508. The van der Waals surface area contributed by atoms with Crippen LogP contribution in [0.4, 0.5) is 4.79 Å². The molecule has 1 aliphatic heterocycles. The summed E-state index contributed by atoms with van der Waals surface area (Å²) in [6.07, 6.45) is 4.57. The standard InChI is InChI=1S/C18H26N2O3/c1-22-16-8-6-15(7-9-16)17(14-4-5-14)20-18(21)19-11-13-3-2-10-23-12-13/h6-9,13-14,17H,2-5,10-12H2,1H3,(H2,19,20,21). The van der Waals surface area contributed by atoms with Crippen LogP contribution in [0, 0.1) is 11.8 Å². The van der Waals surface area contributed by atoms with Crippen LogP contribution < -0.4 is 15.4 Å². The molecule has 3 rings (SSSR count). The number of ether oxygens (including phenoxy) is 2. The van der Waals surface area contributed by atoms with Crippen LogP contribution in [0.3, 0.4) is 0 Å². The van der Waals surface area contributed by atoms with Crippen LogP contribution >= 0.6 is 0 Å². The Kier molecular flexibility index (Phi) is 5.39. The van der Waals surface area contributed by atoms with E-state index < -0.39 is 0 Å². The Hall–Kier alpha value is -1.75. The Morgan fingerprint density at radius 2 is 2.09 bits per heavy atom. The van der Waals surface area contributed by atoms with Crippen molar-refractivity contribution in [1.29, 1.82) is 0 Å². The topological polar surface area (TPSA) is 59.6 Å². The molecule has 1 saturated carbocycles. The van der Waals surface area contributed by atoms with Gasteiger partial charge in [0.05, 0.1) is 19.8 Å². The van der Waals surface area contributed by atoms with Gasteiger partial charge in [0, 0.05) is 13.2 Å². The lowest BCUT2D eigenvalue weighted by Crippen LogP contribution is -2.42. The van der Waals surface area contributed by atoms with Gasteiger partial charge in [-0.05, 0) is 55.2 Å². The van der Waals surface area contributed by atoms with Gasteiger partial charge in [-0.2, -0.15) is 0 Å². The predicted molar refractivity (Wildman–Crippen MR) is 88.5 cm³/mol. The average molecular weight is 318 g/mol. The largest absolute Gasteiger partial charge is 0.497 e. The van der Waals surface area contributed by atoms with E-state index in [1.54, 1.807) is 7.11 Å². The predicted octanol–water partition coefficient (Wildman–Crippen LogP) is 2.87. The van der Waals surface area contributed by atoms with Crippen molar-refractivity contribution in [3.63, 3.8) is 0 Å². The third kappa shape index (κ3) is 4.61. The molecule has 2 atom stereocenters. The van der Waals surface area contributed by atoms with E-state index in [2.05, 4.69) is 10.6 Å². The van der Waals surface area contributed by atoms with Crippen LogP contribution in [0.25, 0.3) is 0 Å². The first-order valence-electron chi connectivity index (χ1n) is 8.52. The molecule has 2 N–H and O–H groups in total. The van der Waals surface area contributed by atoms with Crippen molar-refractivity contribution in [2.24, 2.45) is 11.8 Å². The van der Waals surface area contributed by atoms with Gasteiger partial charge in [0.15, 0.2) is 0 Å². The van der Waals surface area contributed by atoms with Gasteiger partial charge < -0.3 is 20.1 Å². The third-order valence-corrected chi connectivity index (χ3v) is 4.66. The van der Waals surface area contributed by atoms with Gasteiger partial charge in [-0.15, -0.1) is 0 Å². The molecule has 1 aromatic carbocycles. The summed E-state index contributed by atoms with van der Waals surface area (Å²) >= 11 is 0. The minimum atomic E-state index is -0.0803. The minimum Gasteiger partial charge on any atom is -0.497 e. The van der Waals surface area contributed by atoms with Gasteiger partial charge in [0.25, 0.3) is 0 Å². The Labute approximate surface area is 137 Å². The molecule has 1 saturated heterocycles. The number of carbonyl (C=O) groups is 1. The molecular weight excluding hydrogens is 292 g/mol. The van der Waals surface area contributed by atoms with E-state index in [-0.39, 0.29) is 12.1 Å². The molecule has 0 spiro atoms. The molecule has 23 heavy (non-hydrogen) atoms. The fourth-order valence-corrected chi connectivity index (χ4v) is 3.11. The maximum absolute atomic E-state index is 12.2. The highest BCUT2D eigenvalue weighted by Crippen LogP contribution is 2.41. The van der Waals surface area contributed by atoms with Crippen molar-refractivity contribution < 1.29 is 14.3 Å². The highest BCUT2D eigenvalue weighted by molar-refractivity contribution is 5.74. The molecule has 2 amide bonds. The van der Waals surface area contributed by atoms with E-state index in [1.807, 2.05) is 24.3 Å². The second-order valence-electron chi connectivity index (χ2n) is 6.53. The number of rotatable bonds is 6. The summed E-state index contributed by atoms with van der Waals surface area (Å²) in [5.74, 6) is 1.83. The van der Waals surface area contributed by atoms with E-state index in [9.17, 15) is 4.79 Å². The zero-order valence-corrected chi connectivity index (χ0v) is 13.7. The quantitative estimate of drug-likeness (QED) is 0.848. The Morgan fingerprint density at radius 3 is 2.70 bits per heavy atom. The number of carbonyl (C=O) groups excluding carboxylic acids is 1. The van der Waals surface area contributed by atoms with Crippen molar-refractivity contribution in [3.05, 3.63) is 29.8 Å². The molecule has 5 nitrogen and oxygen atoms in total. The van der Waals surface area contributed by atoms with Crippen molar-refractivity contribution in [3.8, 4) is 5.75 Å². The number of hydrogen-bond acceptors (Lipinski definition) is 3. The number of amides is 2. The summed E-state index contributed by atoms with van der Waals surface area (Å²) in [5, 5.41) is 6.14. The third-order valence-electron chi connectivity index (χ3n) is 4.66. The van der Waals surface area contributed by atoms with Gasteiger partial charge in [0.2, 0.25) is 0 Å². The highest BCUT2D eigenvalue weighted by Gasteiger charge is 2.33. The van der Waals surface area contributed by atoms with Gasteiger partial charge >= 0.3 is 6.03 Å². The normalized spacial score (nSPS) is 22.2. The smallest absolute Gasteiger partial charge is 0.315 e. The van der Waals surface area contributed by atoms with Crippen LogP contribution in [0.2, 0.25) is 0 Å². The second-order valence-corrected chi connectivity index (χ2v) is 6.53. The number of urea groups is 1. The summed E-state index contributed by atoms with van der Waals surface area (Å²) < 4.78 is 10.7. The maximum Gasteiger partial charge on any atom is 0.315 e. The molecule has 1 aliphatic carbocycles. The van der Waals surface area contributed by atoms with Crippen LogP contribution in [0.15, 0.2) is 24.3 Å². The van der Waals surface area contributed by atoms with Gasteiger partial charge in [0.1, 0.15) is 5.75 Å². The first-order valence-corrected chi connectivity index (χ1v) is 8.52. The van der Waals surface area contributed by atoms with Crippen molar-refractivity contribution in [1.82, 2.24) is 10.6 Å². The monoisotopic (exact) mass is 318 g/mol. The molecule has 2 fully saturated rings. The fourth-order valence-electron chi connectivity index (χ4n) is 3.11. The molecule has 1 aromatic rings. The van der Waals surface area contributed by atoms with Crippen molar-refractivity contribution in [2.45, 2.75) is 31.7 Å². The SMILES string of the molecule is COc1ccc(C(NC(=O)NCC2CCCOC2)C2CC2)cc1. The summed E-state index contributed by atoms with van der Waals surface area (Å²) in [6, 6.07) is 7.98. The zero-order chi connectivity index (χ0) is 16.1. The van der Waals surface area contributed by atoms with Crippen molar-refractivity contribution in [2.75, 3.05) is 26.9 Å². The number of nitrogens with one attached hydrogen (secondary N) is 2. The van der Waals surface area contributed by atoms with Gasteiger partial charge in [-0.3, -0.25) is 0 Å². The van der Waals surface area contributed by atoms with Crippen molar-refractivity contribution >= 4 is 6.03 Å². The molecule has 0 radical (unpaired) electrons. The van der Waals surface area contributed by atoms with E-state index >= 15 is 0 Å². The molecule has 0 bridgehead atoms. The minimum absolute atomic E-state index is 0.0803. The molecule has 5 heteroatoms.